The van der Waals surface area contributed by atoms with E-state index in [1.54, 1.807) is 6.07 Å². The summed E-state index contributed by atoms with van der Waals surface area (Å²) in [6.45, 7) is 10.7. The second-order valence-electron chi connectivity index (χ2n) is 8.07. The maximum Gasteiger partial charge on any atom is 0.254 e. The minimum Gasteiger partial charge on any atom is -0.472 e. The van der Waals surface area contributed by atoms with Gasteiger partial charge in [-0.1, -0.05) is 12.1 Å². The molecule has 1 N–H and O–H groups in total. The normalized spacial score (nSPS) is 14.1. The summed E-state index contributed by atoms with van der Waals surface area (Å²) in [4.78, 5) is 16.9. The van der Waals surface area contributed by atoms with E-state index in [0.717, 1.165) is 57.3 Å². The SMILES string of the molecule is CCN(CC)c1ccc(CN2CCc3nnc(CCNC(=O)c4ccoc4)n3CC2)cc1. The van der Waals surface area contributed by atoms with Crippen LogP contribution in [-0.4, -0.2) is 58.3 Å². The summed E-state index contributed by atoms with van der Waals surface area (Å²) < 4.78 is 7.18. The van der Waals surface area contributed by atoms with E-state index in [1.165, 1.54) is 23.8 Å². The Morgan fingerprint density at radius 3 is 2.62 bits per heavy atom. The molecule has 0 fully saturated rings. The molecule has 32 heavy (non-hydrogen) atoms. The van der Waals surface area contributed by atoms with Crippen molar-refractivity contribution in [1.82, 2.24) is 25.0 Å². The Bertz CT molecular complexity index is 992. The van der Waals surface area contributed by atoms with Gasteiger partial charge in [-0.15, -0.1) is 10.2 Å². The molecule has 0 unspecified atom stereocenters. The van der Waals surface area contributed by atoms with Gasteiger partial charge in [0.15, 0.2) is 0 Å². The van der Waals surface area contributed by atoms with Gasteiger partial charge in [0.05, 0.1) is 11.8 Å². The van der Waals surface area contributed by atoms with E-state index in [2.05, 4.69) is 68.0 Å². The Morgan fingerprint density at radius 2 is 1.91 bits per heavy atom. The second kappa shape index (κ2) is 10.5. The van der Waals surface area contributed by atoms with E-state index >= 15 is 0 Å². The number of rotatable bonds is 9. The Labute approximate surface area is 189 Å². The van der Waals surface area contributed by atoms with Gasteiger partial charge in [-0.25, -0.2) is 0 Å². The predicted molar refractivity (Wildman–Crippen MR) is 124 cm³/mol. The highest BCUT2D eigenvalue weighted by Crippen LogP contribution is 2.17. The topological polar surface area (TPSA) is 79.4 Å². The highest BCUT2D eigenvalue weighted by molar-refractivity contribution is 5.93. The lowest BCUT2D eigenvalue weighted by atomic mass is 10.1. The number of amides is 1. The molecule has 8 heteroatoms. The van der Waals surface area contributed by atoms with Gasteiger partial charge in [-0.3, -0.25) is 9.69 Å². The Balaban J connectivity index is 1.30. The van der Waals surface area contributed by atoms with Crippen molar-refractivity contribution in [3.05, 3.63) is 65.6 Å². The van der Waals surface area contributed by atoms with Crippen LogP contribution in [0, 0.1) is 0 Å². The van der Waals surface area contributed by atoms with Gasteiger partial charge < -0.3 is 19.2 Å². The molecule has 0 saturated carbocycles. The first kappa shape index (κ1) is 22.1. The van der Waals surface area contributed by atoms with Gasteiger partial charge in [0.2, 0.25) is 0 Å². The minimum atomic E-state index is -0.132. The highest BCUT2D eigenvalue weighted by Gasteiger charge is 2.19. The Morgan fingerprint density at radius 1 is 1.09 bits per heavy atom. The number of benzene rings is 1. The molecule has 1 amide bonds. The van der Waals surface area contributed by atoms with Crippen molar-refractivity contribution in [2.24, 2.45) is 0 Å². The Hall–Kier alpha value is -3.13. The van der Waals surface area contributed by atoms with Crippen LogP contribution in [0.2, 0.25) is 0 Å². The average molecular weight is 437 g/mol. The molecule has 0 radical (unpaired) electrons. The number of carbonyl (C=O) groups is 1. The average Bonchev–Trinajstić information content (AvgIpc) is 3.44. The molecule has 8 nitrogen and oxygen atoms in total. The highest BCUT2D eigenvalue weighted by atomic mass is 16.3. The zero-order chi connectivity index (χ0) is 22.3. The van der Waals surface area contributed by atoms with Gasteiger partial charge in [0.25, 0.3) is 5.91 Å². The van der Waals surface area contributed by atoms with E-state index in [0.29, 0.717) is 18.5 Å². The number of nitrogens with one attached hydrogen (secondary N) is 1. The second-order valence-corrected chi connectivity index (χ2v) is 8.07. The summed E-state index contributed by atoms with van der Waals surface area (Å²) in [6.07, 6.45) is 4.48. The maximum absolute atomic E-state index is 12.1. The van der Waals surface area contributed by atoms with Crippen molar-refractivity contribution in [3.8, 4) is 0 Å². The molecule has 170 valence electrons. The van der Waals surface area contributed by atoms with Crippen molar-refractivity contribution in [2.75, 3.05) is 37.6 Å². The fourth-order valence-electron chi connectivity index (χ4n) is 4.21. The number of nitrogens with zero attached hydrogens (tertiary/aromatic N) is 5. The molecule has 1 aliphatic rings. The largest absolute Gasteiger partial charge is 0.472 e. The van der Waals surface area contributed by atoms with Gasteiger partial charge in [-0.2, -0.15) is 0 Å². The van der Waals surface area contributed by atoms with E-state index in [4.69, 9.17) is 4.42 Å². The third kappa shape index (κ3) is 5.19. The van der Waals surface area contributed by atoms with Crippen LogP contribution in [0.1, 0.15) is 41.4 Å². The molecular formula is C24H32N6O2. The van der Waals surface area contributed by atoms with Crippen LogP contribution in [0.15, 0.2) is 47.3 Å². The number of hydrogen-bond donors (Lipinski definition) is 1. The number of carbonyl (C=O) groups excluding carboxylic acids is 1. The first-order valence-electron chi connectivity index (χ1n) is 11.5. The summed E-state index contributed by atoms with van der Waals surface area (Å²) in [7, 11) is 0. The molecular weight excluding hydrogens is 404 g/mol. The van der Waals surface area contributed by atoms with Gasteiger partial charge in [0, 0.05) is 64.3 Å². The first-order valence-corrected chi connectivity index (χ1v) is 11.5. The van der Waals surface area contributed by atoms with E-state index < -0.39 is 0 Å². The minimum absolute atomic E-state index is 0.132. The van der Waals surface area contributed by atoms with Crippen LogP contribution in [-0.2, 0) is 25.9 Å². The lowest BCUT2D eigenvalue weighted by Gasteiger charge is -2.23. The van der Waals surface area contributed by atoms with Crippen LogP contribution in [0.3, 0.4) is 0 Å². The van der Waals surface area contributed by atoms with E-state index in [1.807, 2.05) is 0 Å². The number of hydrogen-bond acceptors (Lipinski definition) is 6. The van der Waals surface area contributed by atoms with Crippen molar-refractivity contribution in [3.63, 3.8) is 0 Å². The van der Waals surface area contributed by atoms with Crippen LogP contribution >= 0.6 is 0 Å². The molecule has 0 bridgehead atoms. The van der Waals surface area contributed by atoms with Crippen molar-refractivity contribution < 1.29 is 9.21 Å². The first-order chi connectivity index (χ1) is 15.7. The molecule has 2 aromatic heterocycles. The summed E-state index contributed by atoms with van der Waals surface area (Å²) in [5, 5.41) is 11.7. The van der Waals surface area contributed by atoms with Crippen molar-refractivity contribution >= 4 is 11.6 Å². The molecule has 4 rings (SSSR count). The number of aromatic nitrogens is 3. The summed E-state index contributed by atoms with van der Waals surface area (Å²) in [5.41, 5.74) is 3.15. The van der Waals surface area contributed by atoms with Crippen molar-refractivity contribution in [2.45, 2.75) is 39.8 Å². The molecule has 3 aromatic rings. The molecule has 0 saturated heterocycles. The number of furan rings is 1. The van der Waals surface area contributed by atoms with Crippen LogP contribution in [0.5, 0.6) is 0 Å². The van der Waals surface area contributed by atoms with Crippen LogP contribution < -0.4 is 10.2 Å². The van der Waals surface area contributed by atoms with E-state index in [9.17, 15) is 4.79 Å². The molecule has 0 spiro atoms. The third-order valence-corrected chi connectivity index (χ3v) is 6.08. The monoisotopic (exact) mass is 436 g/mol. The van der Waals surface area contributed by atoms with Gasteiger partial charge >= 0.3 is 0 Å². The quantitative estimate of drug-likeness (QED) is 0.556. The van der Waals surface area contributed by atoms with Crippen LogP contribution in [0.4, 0.5) is 5.69 Å². The lowest BCUT2D eigenvalue weighted by molar-refractivity contribution is 0.0953. The third-order valence-electron chi connectivity index (χ3n) is 6.08. The standard InChI is InChI=1S/C24H32N6O2/c1-3-29(4-2)21-7-5-19(6-8-21)17-28-13-10-23-27-26-22(30(23)15-14-28)9-12-25-24(31)20-11-16-32-18-20/h5-8,11,16,18H,3-4,9-10,12-15,17H2,1-2H3,(H,25,31). The fourth-order valence-corrected chi connectivity index (χ4v) is 4.21. The van der Waals surface area contributed by atoms with Gasteiger partial charge in [0.1, 0.15) is 17.9 Å². The molecule has 1 aromatic carbocycles. The van der Waals surface area contributed by atoms with Gasteiger partial charge in [-0.05, 0) is 37.6 Å². The van der Waals surface area contributed by atoms with E-state index in [-0.39, 0.29) is 5.91 Å². The molecule has 3 heterocycles. The Kier molecular flexibility index (Phi) is 7.21. The zero-order valence-corrected chi connectivity index (χ0v) is 19.0. The predicted octanol–water partition coefficient (Wildman–Crippen LogP) is 2.75. The maximum atomic E-state index is 12.1. The number of fused-ring (bicyclic) bond motifs is 1. The molecule has 1 aliphatic heterocycles. The zero-order valence-electron chi connectivity index (χ0n) is 19.0. The van der Waals surface area contributed by atoms with Crippen LogP contribution in [0.25, 0.3) is 0 Å². The summed E-state index contributed by atoms with van der Waals surface area (Å²) in [5.74, 6) is 1.83. The fraction of sp³-hybridized carbons (Fsp3) is 0.458. The lowest BCUT2D eigenvalue weighted by Crippen LogP contribution is -2.28. The smallest absolute Gasteiger partial charge is 0.254 e. The number of anilines is 1. The summed E-state index contributed by atoms with van der Waals surface area (Å²) >= 11 is 0. The van der Waals surface area contributed by atoms with Crippen molar-refractivity contribution in [1.29, 1.82) is 0 Å². The molecule has 0 atom stereocenters. The summed E-state index contributed by atoms with van der Waals surface area (Å²) in [6, 6.07) is 10.6. The molecule has 0 aliphatic carbocycles.